The average molecular weight is 396 g/mol. The summed E-state index contributed by atoms with van der Waals surface area (Å²) in [4.78, 5) is 13.2. The summed E-state index contributed by atoms with van der Waals surface area (Å²) in [6, 6.07) is 2.82. The highest BCUT2D eigenvalue weighted by atomic mass is 16.5. The third-order valence-corrected chi connectivity index (χ3v) is 5.39. The van der Waals surface area contributed by atoms with E-state index in [2.05, 4.69) is 0 Å². The van der Waals surface area contributed by atoms with Crippen molar-refractivity contribution in [3.63, 3.8) is 0 Å². The van der Waals surface area contributed by atoms with Crippen LogP contribution in [0, 0.1) is 0 Å². The van der Waals surface area contributed by atoms with Crippen LogP contribution in [0.3, 0.4) is 0 Å². The maximum atomic E-state index is 13.2. The number of ether oxygens (including phenoxy) is 1. The highest BCUT2D eigenvalue weighted by Gasteiger charge is 2.31. The molecule has 152 valence electrons. The number of phenolic OH excluding ortho intramolecular Hbond substituents is 3. The van der Waals surface area contributed by atoms with Crippen molar-refractivity contribution in [2.45, 2.75) is 52.6 Å². The Bertz CT molecular complexity index is 1240. The van der Waals surface area contributed by atoms with Gasteiger partial charge in [0.1, 0.15) is 28.1 Å². The fraction of sp³-hybridized carbons (Fsp3) is 0.348. The Hall–Kier alpha value is -3.15. The first-order valence-electron chi connectivity index (χ1n) is 9.60. The summed E-state index contributed by atoms with van der Waals surface area (Å²) in [7, 11) is 0. The summed E-state index contributed by atoms with van der Waals surface area (Å²) in [6.45, 7) is 7.71. The largest absolute Gasteiger partial charge is 0.507 e. The summed E-state index contributed by atoms with van der Waals surface area (Å²) >= 11 is 0. The molecule has 2 aromatic carbocycles. The van der Waals surface area contributed by atoms with Crippen LogP contribution in [0.15, 0.2) is 33.0 Å². The molecule has 1 aliphatic rings. The standard InChI is InChI=1S/C23H24O6/c1-11(2)5-6-13-15(24)10-16(25)17-18(26)14-9-12-7-8-23(3,4)29-20(12)19(27)22(14)28-21(13)17/h5,9-10,24-25,27H,6-8H2,1-4H3. The number of hydrogen-bond acceptors (Lipinski definition) is 6. The maximum Gasteiger partial charge on any atom is 0.204 e. The Morgan fingerprint density at radius 1 is 1.14 bits per heavy atom. The Kier molecular flexibility index (Phi) is 4.26. The van der Waals surface area contributed by atoms with Crippen LogP contribution in [0.2, 0.25) is 0 Å². The van der Waals surface area contributed by atoms with Gasteiger partial charge in [0.2, 0.25) is 11.2 Å². The van der Waals surface area contributed by atoms with Crippen LogP contribution in [0.5, 0.6) is 23.0 Å². The van der Waals surface area contributed by atoms with Gasteiger partial charge in [-0.05, 0) is 58.6 Å². The molecule has 6 nitrogen and oxygen atoms in total. The van der Waals surface area contributed by atoms with Crippen LogP contribution >= 0.6 is 0 Å². The third-order valence-electron chi connectivity index (χ3n) is 5.39. The zero-order chi connectivity index (χ0) is 21.1. The Balaban J connectivity index is 2.10. The summed E-state index contributed by atoms with van der Waals surface area (Å²) in [5.41, 5.74) is 1.27. The molecule has 3 N–H and O–H groups in total. The molecular weight excluding hydrogens is 372 g/mol. The van der Waals surface area contributed by atoms with E-state index < -0.39 is 11.0 Å². The zero-order valence-electron chi connectivity index (χ0n) is 16.9. The van der Waals surface area contributed by atoms with Crippen molar-refractivity contribution in [3.05, 3.63) is 45.1 Å². The fourth-order valence-corrected chi connectivity index (χ4v) is 3.77. The highest BCUT2D eigenvalue weighted by molar-refractivity contribution is 5.98. The number of aromatic hydroxyl groups is 3. The van der Waals surface area contributed by atoms with E-state index in [0.29, 0.717) is 24.2 Å². The van der Waals surface area contributed by atoms with Gasteiger partial charge in [-0.15, -0.1) is 0 Å². The van der Waals surface area contributed by atoms with Crippen LogP contribution in [0.1, 0.15) is 45.2 Å². The van der Waals surface area contributed by atoms with Gasteiger partial charge in [-0.25, -0.2) is 0 Å². The minimum atomic E-state index is -0.458. The normalized spacial score (nSPS) is 15.2. The minimum Gasteiger partial charge on any atom is -0.507 e. The second-order valence-corrected chi connectivity index (χ2v) is 8.47. The average Bonchev–Trinajstić information content (AvgIpc) is 2.62. The number of phenols is 3. The predicted octanol–water partition coefficient (Wildman–Crippen LogP) is 4.68. The van der Waals surface area contributed by atoms with E-state index in [1.807, 2.05) is 33.8 Å². The van der Waals surface area contributed by atoms with Gasteiger partial charge in [-0.2, -0.15) is 0 Å². The van der Waals surface area contributed by atoms with E-state index in [4.69, 9.17) is 9.15 Å². The molecule has 29 heavy (non-hydrogen) atoms. The summed E-state index contributed by atoms with van der Waals surface area (Å²) < 4.78 is 11.9. The predicted molar refractivity (Wildman–Crippen MR) is 111 cm³/mol. The lowest BCUT2D eigenvalue weighted by Crippen LogP contribution is -2.32. The van der Waals surface area contributed by atoms with E-state index >= 15 is 0 Å². The van der Waals surface area contributed by atoms with Gasteiger partial charge >= 0.3 is 0 Å². The first-order chi connectivity index (χ1) is 13.6. The monoisotopic (exact) mass is 396 g/mol. The summed E-state index contributed by atoms with van der Waals surface area (Å²) in [6.07, 6.45) is 3.59. The van der Waals surface area contributed by atoms with Crippen molar-refractivity contribution in [3.8, 4) is 23.0 Å². The number of fused-ring (bicyclic) bond motifs is 3. The topological polar surface area (TPSA) is 100 Å². The smallest absolute Gasteiger partial charge is 0.204 e. The Labute approximate surface area is 167 Å². The SMILES string of the molecule is CC(C)=CCc1c(O)cc(O)c2c(=O)c3cc4c(c(O)c3oc12)OC(C)(C)CC4. The zero-order valence-corrected chi connectivity index (χ0v) is 16.9. The molecular formula is C23H24O6. The first-order valence-corrected chi connectivity index (χ1v) is 9.60. The van der Waals surface area contributed by atoms with E-state index in [1.165, 1.54) is 0 Å². The minimum absolute atomic E-state index is 0.0103. The van der Waals surface area contributed by atoms with Crippen LogP contribution in [0.25, 0.3) is 21.9 Å². The maximum absolute atomic E-state index is 13.2. The van der Waals surface area contributed by atoms with Gasteiger partial charge in [0.25, 0.3) is 0 Å². The molecule has 4 rings (SSSR count). The molecule has 2 heterocycles. The number of benzene rings is 2. The summed E-state index contributed by atoms with van der Waals surface area (Å²) in [5, 5.41) is 31.7. The van der Waals surface area contributed by atoms with Gasteiger partial charge in [0.15, 0.2) is 11.3 Å². The van der Waals surface area contributed by atoms with Gasteiger partial charge in [0, 0.05) is 11.6 Å². The van der Waals surface area contributed by atoms with Crippen molar-refractivity contribution in [2.24, 2.45) is 0 Å². The second-order valence-electron chi connectivity index (χ2n) is 8.47. The van der Waals surface area contributed by atoms with Crippen LogP contribution in [-0.2, 0) is 12.8 Å². The van der Waals surface area contributed by atoms with Crippen LogP contribution < -0.4 is 10.2 Å². The molecule has 0 bridgehead atoms. The van der Waals surface area contributed by atoms with Crippen molar-refractivity contribution >= 4 is 21.9 Å². The van der Waals surface area contributed by atoms with Crippen LogP contribution in [0.4, 0.5) is 0 Å². The Morgan fingerprint density at radius 2 is 1.86 bits per heavy atom. The molecule has 0 fully saturated rings. The number of aryl methyl sites for hydroxylation is 1. The van der Waals surface area contributed by atoms with Gasteiger partial charge in [0.05, 0.1) is 5.39 Å². The molecule has 0 saturated heterocycles. The van der Waals surface area contributed by atoms with Crippen LogP contribution in [-0.4, -0.2) is 20.9 Å². The lowest BCUT2D eigenvalue weighted by Gasteiger charge is -2.33. The molecule has 0 spiro atoms. The molecule has 0 saturated carbocycles. The van der Waals surface area contributed by atoms with Crippen molar-refractivity contribution < 1.29 is 24.5 Å². The van der Waals surface area contributed by atoms with E-state index in [1.54, 1.807) is 6.07 Å². The van der Waals surface area contributed by atoms with Crippen molar-refractivity contribution in [1.29, 1.82) is 0 Å². The lowest BCUT2D eigenvalue weighted by atomic mass is 9.92. The van der Waals surface area contributed by atoms with E-state index in [0.717, 1.165) is 23.6 Å². The molecule has 0 radical (unpaired) electrons. The Morgan fingerprint density at radius 3 is 2.55 bits per heavy atom. The highest BCUT2D eigenvalue weighted by Crippen LogP contribution is 2.45. The number of allylic oxidation sites excluding steroid dienone is 2. The first kappa shape index (κ1) is 19.2. The molecule has 0 atom stereocenters. The lowest BCUT2D eigenvalue weighted by molar-refractivity contribution is 0.0808. The number of rotatable bonds is 2. The summed E-state index contributed by atoms with van der Waals surface area (Å²) in [5.74, 6) is -0.458. The molecule has 1 aliphatic heterocycles. The molecule has 1 aromatic heterocycles. The van der Waals surface area contributed by atoms with E-state index in [9.17, 15) is 20.1 Å². The third kappa shape index (κ3) is 3.09. The fourth-order valence-electron chi connectivity index (χ4n) is 3.77. The quantitative estimate of drug-likeness (QED) is 0.430. The van der Waals surface area contributed by atoms with Crippen molar-refractivity contribution in [2.75, 3.05) is 0 Å². The molecule has 0 unspecified atom stereocenters. The second kappa shape index (κ2) is 6.44. The molecule has 0 amide bonds. The van der Waals surface area contributed by atoms with Gasteiger partial charge in [-0.3, -0.25) is 4.79 Å². The molecule has 6 heteroatoms. The molecule has 0 aliphatic carbocycles. The van der Waals surface area contributed by atoms with E-state index in [-0.39, 0.29) is 39.2 Å². The van der Waals surface area contributed by atoms with Gasteiger partial charge in [-0.1, -0.05) is 11.6 Å². The molecule has 3 aromatic rings. The number of hydrogen-bond donors (Lipinski definition) is 3. The van der Waals surface area contributed by atoms with Crippen molar-refractivity contribution in [1.82, 2.24) is 0 Å². The van der Waals surface area contributed by atoms with Gasteiger partial charge < -0.3 is 24.5 Å².